The van der Waals surface area contributed by atoms with Crippen molar-refractivity contribution in [2.24, 2.45) is 0 Å². The molecule has 19 heavy (non-hydrogen) atoms. The zero-order valence-electron chi connectivity index (χ0n) is 10.2. The van der Waals surface area contributed by atoms with Crippen molar-refractivity contribution in [2.45, 2.75) is 6.54 Å². The van der Waals surface area contributed by atoms with Crippen molar-refractivity contribution in [3.63, 3.8) is 0 Å². The molecule has 0 bridgehead atoms. The Bertz CT molecular complexity index is 590. The van der Waals surface area contributed by atoms with Crippen molar-refractivity contribution in [1.82, 2.24) is 5.32 Å². The van der Waals surface area contributed by atoms with Crippen molar-refractivity contribution in [1.29, 1.82) is 0 Å². The third kappa shape index (κ3) is 3.63. The number of rotatable bonds is 4. The van der Waals surface area contributed by atoms with E-state index in [1.807, 2.05) is 31.3 Å². The molecule has 0 fully saturated rings. The van der Waals surface area contributed by atoms with E-state index in [9.17, 15) is 0 Å². The standard InChI is InChI=1S/C14H12BrCl2NO/c1-18-8-10-12(17)3-2-4-13(10)19-14-6-5-9(16)7-11(14)15/h2-7,18H,8H2,1H3. The maximum absolute atomic E-state index is 6.19. The van der Waals surface area contributed by atoms with Crippen molar-refractivity contribution in [3.05, 3.63) is 56.5 Å². The molecule has 0 amide bonds. The first-order chi connectivity index (χ1) is 9.11. The lowest BCUT2D eigenvalue weighted by Gasteiger charge is -2.13. The summed E-state index contributed by atoms with van der Waals surface area (Å²) < 4.78 is 6.70. The van der Waals surface area contributed by atoms with Gasteiger partial charge in [0.25, 0.3) is 0 Å². The third-order valence-electron chi connectivity index (χ3n) is 2.54. The molecule has 0 heterocycles. The highest BCUT2D eigenvalue weighted by molar-refractivity contribution is 9.10. The Labute approximate surface area is 130 Å². The fraction of sp³-hybridized carbons (Fsp3) is 0.143. The molecule has 0 radical (unpaired) electrons. The molecular weight excluding hydrogens is 349 g/mol. The molecule has 2 nitrogen and oxygen atoms in total. The third-order valence-corrected chi connectivity index (χ3v) is 3.75. The van der Waals surface area contributed by atoms with Crippen molar-refractivity contribution in [2.75, 3.05) is 7.05 Å². The molecule has 0 aliphatic rings. The number of hydrogen-bond acceptors (Lipinski definition) is 2. The van der Waals surface area contributed by atoms with Crippen LogP contribution in [-0.2, 0) is 6.54 Å². The number of halogens is 3. The fourth-order valence-electron chi connectivity index (χ4n) is 1.66. The van der Waals surface area contributed by atoms with Gasteiger partial charge in [-0.05, 0) is 53.3 Å². The van der Waals surface area contributed by atoms with Crippen LogP contribution in [0.3, 0.4) is 0 Å². The summed E-state index contributed by atoms with van der Waals surface area (Å²) in [6, 6.07) is 11.0. The minimum absolute atomic E-state index is 0.639. The lowest BCUT2D eigenvalue weighted by Crippen LogP contribution is -2.07. The predicted molar refractivity (Wildman–Crippen MR) is 83.4 cm³/mol. The first-order valence-electron chi connectivity index (χ1n) is 5.66. The van der Waals surface area contributed by atoms with Crippen molar-refractivity contribution in [3.8, 4) is 11.5 Å². The highest BCUT2D eigenvalue weighted by Crippen LogP contribution is 2.35. The summed E-state index contributed by atoms with van der Waals surface area (Å²) in [6.07, 6.45) is 0. The number of ether oxygens (including phenoxy) is 1. The van der Waals surface area contributed by atoms with Crippen LogP contribution in [-0.4, -0.2) is 7.05 Å². The van der Waals surface area contributed by atoms with E-state index in [4.69, 9.17) is 27.9 Å². The van der Waals surface area contributed by atoms with E-state index >= 15 is 0 Å². The average molecular weight is 361 g/mol. The number of benzene rings is 2. The highest BCUT2D eigenvalue weighted by Gasteiger charge is 2.10. The summed E-state index contributed by atoms with van der Waals surface area (Å²) in [5.74, 6) is 1.42. The second kappa shape index (κ2) is 6.62. The Kier molecular flexibility index (Phi) is 5.11. The SMILES string of the molecule is CNCc1c(Cl)cccc1Oc1ccc(Cl)cc1Br. The van der Waals surface area contributed by atoms with Crippen LogP contribution in [0.25, 0.3) is 0 Å². The van der Waals surface area contributed by atoms with Gasteiger partial charge in [-0.1, -0.05) is 29.3 Å². The number of hydrogen-bond donors (Lipinski definition) is 1. The zero-order chi connectivity index (χ0) is 13.8. The second-order valence-electron chi connectivity index (χ2n) is 3.92. The molecule has 1 N–H and O–H groups in total. The Morgan fingerprint density at radius 3 is 2.63 bits per heavy atom. The maximum atomic E-state index is 6.19. The Hall–Kier alpha value is -0.740. The highest BCUT2D eigenvalue weighted by atomic mass is 79.9. The minimum Gasteiger partial charge on any atom is -0.456 e. The Morgan fingerprint density at radius 2 is 1.95 bits per heavy atom. The van der Waals surface area contributed by atoms with Gasteiger partial charge in [-0.2, -0.15) is 0 Å². The molecule has 0 aromatic heterocycles. The Morgan fingerprint density at radius 1 is 1.16 bits per heavy atom. The lowest BCUT2D eigenvalue weighted by atomic mass is 10.2. The van der Waals surface area contributed by atoms with Crippen LogP contribution >= 0.6 is 39.1 Å². The fourth-order valence-corrected chi connectivity index (χ4v) is 2.66. The summed E-state index contributed by atoms with van der Waals surface area (Å²) in [7, 11) is 1.87. The minimum atomic E-state index is 0.639. The van der Waals surface area contributed by atoms with Crippen LogP contribution in [0, 0.1) is 0 Å². The van der Waals surface area contributed by atoms with E-state index in [0.29, 0.717) is 22.3 Å². The van der Waals surface area contributed by atoms with E-state index in [2.05, 4.69) is 21.2 Å². The molecule has 0 aliphatic carbocycles. The normalized spacial score (nSPS) is 10.5. The maximum Gasteiger partial charge on any atom is 0.141 e. The topological polar surface area (TPSA) is 21.3 Å². The van der Waals surface area contributed by atoms with Gasteiger partial charge in [0.05, 0.1) is 4.47 Å². The van der Waals surface area contributed by atoms with Crippen molar-refractivity contribution >= 4 is 39.1 Å². The van der Waals surface area contributed by atoms with Gasteiger partial charge in [0.15, 0.2) is 0 Å². The second-order valence-corrected chi connectivity index (χ2v) is 5.62. The molecule has 2 aromatic carbocycles. The summed E-state index contributed by atoms with van der Waals surface area (Å²) >= 11 is 15.5. The molecule has 100 valence electrons. The average Bonchev–Trinajstić information content (AvgIpc) is 2.37. The van der Waals surface area contributed by atoms with E-state index in [1.165, 1.54) is 0 Å². The largest absolute Gasteiger partial charge is 0.456 e. The molecule has 5 heteroatoms. The van der Waals surface area contributed by atoms with Crippen LogP contribution in [0.5, 0.6) is 11.5 Å². The van der Waals surface area contributed by atoms with Gasteiger partial charge in [-0.3, -0.25) is 0 Å². The van der Waals surface area contributed by atoms with E-state index < -0.39 is 0 Å². The molecular formula is C14H12BrCl2NO. The van der Waals surface area contributed by atoms with Crippen LogP contribution in [0.2, 0.25) is 10.0 Å². The van der Waals surface area contributed by atoms with Gasteiger partial charge in [0.2, 0.25) is 0 Å². The summed E-state index contributed by atoms with van der Waals surface area (Å²) in [5.41, 5.74) is 0.925. The van der Waals surface area contributed by atoms with E-state index in [-0.39, 0.29) is 0 Å². The Balaban J connectivity index is 2.35. The van der Waals surface area contributed by atoms with Gasteiger partial charge in [0, 0.05) is 22.2 Å². The molecule has 0 aliphatic heterocycles. The molecule has 0 saturated carbocycles. The van der Waals surface area contributed by atoms with Crippen LogP contribution in [0.4, 0.5) is 0 Å². The quantitative estimate of drug-likeness (QED) is 0.802. The summed E-state index contributed by atoms with van der Waals surface area (Å²) in [6.45, 7) is 0.639. The molecule has 0 saturated heterocycles. The molecule has 2 aromatic rings. The molecule has 0 atom stereocenters. The number of nitrogens with one attached hydrogen (secondary N) is 1. The van der Waals surface area contributed by atoms with Gasteiger partial charge in [-0.25, -0.2) is 0 Å². The van der Waals surface area contributed by atoms with Gasteiger partial charge in [0.1, 0.15) is 11.5 Å². The monoisotopic (exact) mass is 359 g/mol. The van der Waals surface area contributed by atoms with Crippen LogP contribution in [0.1, 0.15) is 5.56 Å². The first kappa shape index (κ1) is 14.7. The molecule has 0 spiro atoms. The zero-order valence-corrected chi connectivity index (χ0v) is 13.3. The van der Waals surface area contributed by atoms with Crippen LogP contribution in [0.15, 0.2) is 40.9 Å². The predicted octanol–water partition coefficient (Wildman–Crippen LogP) is 5.27. The molecule has 0 unspecified atom stereocenters. The van der Waals surface area contributed by atoms with E-state index in [1.54, 1.807) is 12.1 Å². The van der Waals surface area contributed by atoms with Gasteiger partial charge < -0.3 is 10.1 Å². The first-order valence-corrected chi connectivity index (χ1v) is 7.21. The summed E-state index contributed by atoms with van der Waals surface area (Å²) in [5, 5.41) is 4.41. The van der Waals surface area contributed by atoms with Gasteiger partial charge in [-0.15, -0.1) is 0 Å². The van der Waals surface area contributed by atoms with Crippen molar-refractivity contribution < 1.29 is 4.74 Å². The lowest BCUT2D eigenvalue weighted by molar-refractivity contribution is 0.471. The summed E-state index contributed by atoms with van der Waals surface area (Å²) in [4.78, 5) is 0. The van der Waals surface area contributed by atoms with E-state index in [0.717, 1.165) is 15.8 Å². The molecule has 2 rings (SSSR count). The van der Waals surface area contributed by atoms with Gasteiger partial charge >= 0.3 is 0 Å². The smallest absolute Gasteiger partial charge is 0.141 e. The van der Waals surface area contributed by atoms with Crippen LogP contribution < -0.4 is 10.1 Å².